The van der Waals surface area contributed by atoms with Crippen LogP contribution in [0.3, 0.4) is 0 Å². The largest absolute Gasteiger partial charge is 0.511 e. The van der Waals surface area contributed by atoms with Gasteiger partial charge in [0.15, 0.2) is 0 Å². The van der Waals surface area contributed by atoms with E-state index in [2.05, 4.69) is 0 Å². The zero-order valence-corrected chi connectivity index (χ0v) is 10.5. The minimum absolute atomic E-state index is 0.00935. The van der Waals surface area contributed by atoms with E-state index in [1.165, 1.54) is 12.1 Å². The number of phenolic OH excluding ortho intramolecular Hbond substituents is 2. The lowest BCUT2D eigenvalue weighted by Crippen LogP contribution is -2.16. The number of aromatic hydroxyl groups is 2. The number of ether oxygens (including phenoxy) is 1. The number of hydrogen-bond donors (Lipinski definition) is 4. The van der Waals surface area contributed by atoms with E-state index in [9.17, 15) is 20.4 Å². The number of aliphatic hydroxyl groups is 2. The molecule has 0 aliphatic heterocycles. The number of benzene rings is 1. The first-order valence-electron chi connectivity index (χ1n) is 5.81. The Morgan fingerprint density at radius 1 is 1.11 bits per heavy atom. The summed E-state index contributed by atoms with van der Waals surface area (Å²) in [6, 6.07) is 2.46. The molecule has 0 bridgehead atoms. The number of phenols is 2. The van der Waals surface area contributed by atoms with Crippen LogP contribution in [0.2, 0.25) is 0 Å². The van der Waals surface area contributed by atoms with Gasteiger partial charge in [-0.15, -0.1) is 0 Å². The first kappa shape index (κ1) is 14.0. The van der Waals surface area contributed by atoms with E-state index in [0.717, 1.165) is 0 Å². The van der Waals surface area contributed by atoms with Crippen LogP contribution in [0.4, 0.5) is 0 Å². The molecule has 0 heterocycles. The zero-order chi connectivity index (χ0) is 13.7. The Bertz CT molecular complexity index is 504. The summed E-state index contributed by atoms with van der Waals surface area (Å²) in [5.41, 5.74) is 0. The van der Waals surface area contributed by atoms with E-state index in [1.807, 2.05) is 6.92 Å². The van der Waals surface area contributed by atoms with E-state index in [-0.39, 0.29) is 40.2 Å². The fraction of sp³-hybridized carbons (Fsp3) is 0.385. The number of hydrogen-bond acceptors (Lipinski definition) is 5. The van der Waals surface area contributed by atoms with E-state index in [1.54, 1.807) is 6.92 Å². The smallest absolute Gasteiger partial charge is 0.284 e. The van der Waals surface area contributed by atoms with E-state index in [0.29, 0.717) is 12.8 Å². The van der Waals surface area contributed by atoms with E-state index in [4.69, 9.17) is 4.74 Å². The molecule has 0 fully saturated rings. The summed E-state index contributed by atoms with van der Waals surface area (Å²) in [6.45, 7) is 3.83. The molecule has 5 heteroatoms. The van der Waals surface area contributed by atoms with Gasteiger partial charge in [-0.25, -0.2) is 0 Å². The Morgan fingerprint density at radius 2 is 1.67 bits per heavy atom. The Balaban J connectivity index is 3.47. The second kappa shape index (κ2) is 6.05. The first-order chi connectivity index (χ1) is 8.51. The van der Waals surface area contributed by atoms with Gasteiger partial charge in [-0.3, -0.25) is 0 Å². The van der Waals surface area contributed by atoms with Crippen LogP contribution >= 0.6 is 0 Å². The third-order valence-corrected chi connectivity index (χ3v) is 2.40. The molecule has 0 aliphatic rings. The predicted molar refractivity (Wildman–Crippen MR) is 67.6 cm³/mol. The highest BCUT2D eigenvalue weighted by Crippen LogP contribution is 2.10. The molecule has 1 aromatic rings. The fourth-order valence-electron chi connectivity index (χ4n) is 1.61. The van der Waals surface area contributed by atoms with Crippen molar-refractivity contribution < 1.29 is 25.2 Å². The van der Waals surface area contributed by atoms with Crippen LogP contribution in [0.5, 0.6) is 11.5 Å². The molecule has 0 saturated carbocycles. The van der Waals surface area contributed by atoms with Crippen molar-refractivity contribution in [3.63, 3.8) is 0 Å². The molecule has 18 heavy (non-hydrogen) atoms. The molecule has 0 aromatic heterocycles. The monoisotopic (exact) mass is 254 g/mol. The van der Waals surface area contributed by atoms with Gasteiger partial charge in [0, 0.05) is 6.42 Å². The van der Waals surface area contributed by atoms with E-state index >= 15 is 0 Å². The molecule has 1 rings (SSSR count). The van der Waals surface area contributed by atoms with Gasteiger partial charge in [-0.2, -0.15) is 0 Å². The van der Waals surface area contributed by atoms with Crippen molar-refractivity contribution in [1.29, 1.82) is 0 Å². The fourth-order valence-corrected chi connectivity index (χ4v) is 1.61. The van der Waals surface area contributed by atoms with Crippen LogP contribution in [0.25, 0.3) is 11.7 Å². The number of aliphatic hydroxyl groups excluding tert-OH is 2. The summed E-state index contributed by atoms with van der Waals surface area (Å²) in [6.07, 6.45) is 1.03. The summed E-state index contributed by atoms with van der Waals surface area (Å²) in [7, 11) is 0. The van der Waals surface area contributed by atoms with Crippen molar-refractivity contribution in [2.75, 3.05) is 6.61 Å². The zero-order valence-electron chi connectivity index (χ0n) is 10.5. The SMILES string of the molecule is CCCC(O)=c1c(O)cc(=C(O)OCC)cc1O. The summed E-state index contributed by atoms with van der Waals surface area (Å²) < 4.78 is 4.87. The van der Waals surface area contributed by atoms with Gasteiger partial charge in [-0.1, -0.05) is 6.92 Å². The predicted octanol–water partition coefficient (Wildman–Crippen LogP) is 1.22. The van der Waals surface area contributed by atoms with Crippen LogP contribution in [-0.2, 0) is 4.74 Å². The Morgan fingerprint density at radius 3 is 2.11 bits per heavy atom. The standard InChI is InChI=1S/C13H18O5/c1-3-5-9(14)12-10(15)6-8(7-11(12)16)13(17)18-4-2/h6-7,14-17H,3-5H2,1-2H3. The number of rotatable bonds is 4. The molecule has 0 radical (unpaired) electrons. The van der Waals surface area contributed by atoms with Crippen molar-refractivity contribution in [2.24, 2.45) is 0 Å². The lowest BCUT2D eigenvalue weighted by molar-refractivity contribution is 0.189. The molecule has 0 amide bonds. The maximum Gasteiger partial charge on any atom is 0.284 e. The summed E-state index contributed by atoms with van der Waals surface area (Å²) in [4.78, 5) is 0. The summed E-state index contributed by atoms with van der Waals surface area (Å²) in [5.74, 6) is -1.08. The molecule has 5 nitrogen and oxygen atoms in total. The maximum absolute atomic E-state index is 9.77. The first-order valence-corrected chi connectivity index (χ1v) is 5.81. The second-order valence-corrected chi connectivity index (χ2v) is 3.82. The molecule has 0 atom stereocenters. The summed E-state index contributed by atoms with van der Waals surface area (Å²) >= 11 is 0. The van der Waals surface area contributed by atoms with Crippen LogP contribution in [-0.4, -0.2) is 27.0 Å². The molecule has 0 unspecified atom stereocenters. The molecule has 1 aromatic carbocycles. The Hall–Kier alpha value is -2.04. The van der Waals surface area contributed by atoms with Gasteiger partial charge < -0.3 is 25.2 Å². The molecule has 4 N–H and O–H groups in total. The second-order valence-electron chi connectivity index (χ2n) is 3.82. The maximum atomic E-state index is 9.77. The lowest BCUT2D eigenvalue weighted by Gasteiger charge is -2.04. The molecule has 0 aliphatic carbocycles. The molecular formula is C13H18O5. The van der Waals surface area contributed by atoms with Gasteiger partial charge in [0.1, 0.15) is 17.3 Å². The van der Waals surface area contributed by atoms with Gasteiger partial charge >= 0.3 is 0 Å². The topological polar surface area (TPSA) is 90.2 Å². The average Bonchev–Trinajstić information content (AvgIpc) is 2.28. The minimum atomic E-state index is -0.385. The van der Waals surface area contributed by atoms with Gasteiger partial charge in [0.25, 0.3) is 5.95 Å². The molecule has 0 spiro atoms. The van der Waals surface area contributed by atoms with Crippen LogP contribution in [0.1, 0.15) is 26.7 Å². The van der Waals surface area contributed by atoms with Gasteiger partial charge in [-0.05, 0) is 25.5 Å². The van der Waals surface area contributed by atoms with Gasteiger partial charge in [0.05, 0.1) is 17.0 Å². The van der Waals surface area contributed by atoms with Crippen molar-refractivity contribution >= 4 is 11.7 Å². The van der Waals surface area contributed by atoms with Crippen LogP contribution < -0.4 is 10.4 Å². The quantitative estimate of drug-likeness (QED) is 0.648. The lowest BCUT2D eigenvalue weighted by atomic mass is 10.1. The van der Waals surface area contributed by atoms with Crippen molar-refractivity contribution in [1.82, 2.24) is 0 Å². The van der Waals surface area contributed by atoms with E-state index < -0.39 is 0 Å². The Labute approximate surface area is 105 Å². The summed E-state index contributed by atoms with van der Waals surface area (Å²) in [5, 5.41) is 38.9. The molecular weight excluding hydrogens is 236 g/mol. The normalized spacial score (nSPS) is 10.1. The van der Waals surface area contributed by atoms with Crippen molar-refractivity contribution in [3.05, 3.63) is 22.6 Å². The van der Waals surface area contributed by atoms with Crippen LogP contribution in [0.15, 0.2) is 12.1 Å². The molecule has 100 valence electrons. The third kappa shape index (κ3) is 3.00. The minimum Gasteiger partial charge on any atom is -0.511 e. The molecule has 0 saturated heterocycles. The highest BCUT2D eigenvalue weighted by molar-refractivity contribution is 5.49. The highest BCUT2D eigenvalue weighted by Gasteiger charge is 2.07. The van der Waals surface area contributed by atoms with Crippen molar-refractivity contribution in [2.45, 2.75) is 26.7 Å². The highest BCUT2D eigenvalue weighted by atomic mass is 16.6. The van der Waals surface area contributed by atoms with Gasteiger partial charge in [0.2, 0.25) is 0 Å². The van der Waals surface area contributed by atoms with Crippen molar-refractivity contribution in [3.8, 4) is 11.5 Å². The Kier molecular flexibility index (Phi) is 4.71. The average molecular weight is 254 g/mol. The van der Waals surface area contributed by atoms with Crippen LogP contribution in [0, 0.1) is 0 Å². The third-order valence-electron chi connectivity index (χ3n) is 2.40.